The van der Waals surface area contributed by atoms with Gasteiger partial charge in [0.15, 0.2) is 0 Å². The Morgan fingerprint density at radius 1 is 1.13 bits per heavy atom. The highest BCUT2D eigenvalue weighted by Gasteiger charge is 2.10. The highest BCUT2D eigenvalue weighted by Crippen LogP contribution is 2.24. The van der Waals surface area contributed by atoms with E-state index >= 15 is 0 Å². The fraction of sp³-hybridized carbons (Fsp3) is 0.211. The molecule has 0 saturated carbocycles. The van der Waals surface area contributed by atoms with Crippen molar-refractivity contribution in [2.24, 2.45) is 0 Å². The van der Waals surface area contributed by atoms with Crippen LogP contribution in [0.5, 0.6) is 0 Å². The second-order valence-corrected chi connectivity index (χ2v) is 6.49. The third-order valence-corrected chi connectivity index (χ3v) is 4.71. The van der Waals surface area contributed by atoms with Crippen LogP contribution >= 0.6 is 15.9 Å². The van der Waals surface area contributed by atoms with Gasteiger partial charge in [-0.15, -0.1) is 0 Å². The molecule has 0 saturated heterocycles. The van der Waals surface area contributed by atoms with E-state index in [4.69, 9.17) is 0 Å². The van der Waals surface area contributed by atoms with Gasteiger partial charge in [-0.25, -0.2) is 0 Å². The average molecular weight is 371 g/mol. The molecule has 23 heavy (non-hydrogen) atoms. The van der Waals surface area contributed by atoms with Crippen LogP contribution in [-0.4, -0.2) is 10.5 Å². The number of nitrogens with zero attached hydrogens (tertiary/aromatic N) is 1. The summed E-state index contributed by atoms with van der Waals surface area (Å²) in [5.74, 6) is 0.0678. The quantitative estimate of drug-likeness (QED) is 0.695. The minimum absolute atomic E-state index is 0.0271. The summed E-state index contributed by atoms with van der Waals surface area (Å²) >= 11 is 3.56. The van der Waals surface area contributed by atoms with Crippen LogP contribution in [0.3, 0.4) is 0 Å². The molecule has 0 fully saturated rings. The summed E-state index contributed by atoms with van der Waals surface area (Å²) < 4.78 is 3.20. The van der Waals surface area contributed by atoms with Gasteiger partial charge in [0.1, 0.15) is 0 Å². The van der Waals surface area contributed by atoms with Gasteiger partial charge in [0.2, 0.25) is 5.91 Å². The Kier molecular flexibility index (Phi) is 4.82. The maximum atomic E-state index is 12.2. The Bertz CT molecular complexity index is 811. The van der Waals surface area contributed by atoms with E-state index in [-0.39, 0.29) is 11.9 Å². The summed E-state index contributed by atoms with van der Waals surface area (Å²) in [5, 5.41) is 4.23. The van der Waals surface area contributed by atoms with Gasteiger partial charge in [-0.1, -0.05) is 52.3 Å². The van der Waals surface area contributed by atoms with Crippen LogP contribution in [0.4, 0.5) is 0 Å². The number of hydrogen-bond donors (Lipinski definition) is 1. The summed E-state index contributed by atoms with van der Waals surface area (Å²) in [4.78, 5) is 12.2. The van der Waals surface area contributed by atoms with Gasteiger partial charge in [-0.3, -0.25) is 4.79 Å². The number of halogens is 1. The predicted molar refractivity (Wildman–Crippen MR) is 97.3 cm³/mol. The summed E-state index contributed by atoms with van der Waals surface area (Å²) in [7, 11) is 0. The van der Waals surface area contributed by atoms with Crippen LogP contribution in [0.25, 0.3) is 10.9 Å². The number of nitrogens with one attached hydrogen (secondary N) is 1. The van der Waals surface area contributed by atoms with Gasteiger partial charge in [-0.05, 0) is 30.7 Å². The fourth-order valence-corrected chi connectivity index (χ4v) is 3.23. The monoisotopic (exact) mass is 370 g/mol. The van der Waals surface area contributed by atoms with Crippen LogP contribution in [-0.2, 0) is 11.3 Å². The van der Waals surface area contributed by atoms with Crippen LogP contribution < -0.4 is 5.32 Å². The summed E-state index contributed by atoms with van der Waals surface area (Å²) in [6.07, 6.45) is 2.50. The normalized spacial score (nSPS) is 12.3. The number of carbonyl (C=O) groups is 1. The van der Waals surface area contributed by atoms with Crippen molar-refractivity contribution in [2.45, 2.75) is 25.9 Å². The topological polar surface area (TPSA) is 34.0 Å². The molecular weight excluding hydrogens is 352 g/mol. The first-order valence-corrected chi connectivity index (χ1v) is 8.52. The molecule has 0 aliphatic rings. The Hall–Kier alpha value is -2.07. The maximum Gasteiger partial charge on any atom is 0.222 e. The number of amides is 1. The van der Waals surface area contributed by atoms with E-state index in [2.05, 4.69) is 37.9 Å². The zero-order valence-electron chi connectivity index (χ0n) is 13.0. The van der Waals surface area contributed by atoms with Crippen LogP contribution in [0, 0.1) is 0 Å². The molecule has 3 rings (SSSR count). The van der Waals surface area contributed by atoms with Crippen molar-refractivity contribution in [3.8, 4) is 0 Å². The predicted octanol–water partition coefficient (Wildman–Crippen LogP) is 4.67. The second kappa shape index (κ2) is 7.01. The van der Waals surface area contributed by atoms with Gasteiger partial charge in [0.05, 0.1) is 6.04 Å². The van der Waals surface area contributed by atoms with Crippen molar-refractivity contribution in [2.75, 3.05) is 0 Å². The zero-order chi connectivity index (χ0) is 16.2. The van der Waals surface area contributed by atoms with E-state index < -0.39 is 0 Å². The van der Waals surface area contributed by atoms with Crippen molar-refractivity contribution in [1.29, 1.82) is 0 Å². The smallest absolute Gasteiger partial charge is 0.222 e. The molecule has 0 bridgehead atoms. The molecule has 0 radical (unpaired) electrons. The molecule has 1 amide bonds. The molecule has 1 aromatic heterocycles. The third-order valence-electron chi connectivity index (χ3n) is 4.02. The third kappa shape index (κ3) is 3.64. The molecule has 3 aromatic rings. The largest absolute Gasteiger partial charge is 0.350 e. The first-order valence-electron chi connectivity index (χ1n) is 7.73. The molecule has 1 heterocycles. The number of fused-ring (bicyclic) bond motifs is 1. The number of aromatic nitrogens is 1. The highest BCUT2D eigenvalue weighted by atomic mass is 79.9. The van der Waals surface area contributed by atoms with Crippen molar-refractivity contribution >= 4 is 32.7 Å². The molecular formula is C19H19BrN2O. The number of carbonyl (C=O) groups excluding carboxylic acids is 1. The minimum Gasteiger partial charge on any atom is -0.350 e. The lowest BCUT2D eigenvalue weighted by Gasteiger charge is -2.14. The molecule has 4 heteroatoms. The molecule has 3 nitrogen and oxygen atoms in total. The van der Waals surface area contributed by atoms with Crippen molar-refractivity contribution in [3.63, 3.8) is 0 Å². The number of aryl methyl sites for hydroxylation is 1. The second-order valence-electron chi connectivity index (χ2n) is 5.63. The maximum absolute atomic E-state index is 12.2. The lowest BCUT2D eigenvalue weighted by atomic mass is 10.1. The Balaban J connectivity index is 1.61. The van der Waals surface area contributed by atoms with Crippen molar-refractivity contribution in [3.05, 3.63) is 70.8 Å². The summed E-state index contributed by atoms with van der Waals surface area (Å²) in [6.45, 7) is 2.68. The number of rotatable bonds is 5. The van der Waals surface area contributed by atoms with Gasteiger partial charge >= 0.3 is 0 Å². The van der Waals surface area contributed by atoms with Gasteiger partial charge in [0.25, 0.3) is 0 Å². The zero-order valence-corrected chi connectivity index (χ0v) is 14.6. The van der Waals surface area contributed by atoms with Crippen LogP contribution in [0.15, 0.2) is 65.3 Å². The van der Waals surface area contributed by atoms with Crippen LogP contribution in [0.1, 0.15) is 24.9 Å². The van der Waals surface area contributed by atoms with Gasteiger partial charge in [0, 0.05) is 34.5 Å². The molecule has 0 aliphatic heterocycles. The standard InChI is InChI=1S/C19H19BrN2O/c1-14(15-6-3-2-4-7-15)21-19(23)11-13-22-12-10-16-17(20)8-5-9-18(16)22/h2-10,12,14H,11,13H2,1H3,(H,21,23)/t14-/m0/s1. The van der Waals surface area contributed by atoms with E-state index in [1.165, 1.54) is 5.39 Å². The molecule has 0 spiro atoms. The van der Waals surface area contributed by atoms with Crippen molar-refractivity contribution in [1.82, 2.24) is 9.88 Å². The molecule has 118 valence electrons. The van der Waals surface area contributed by atoms with E-state index in [1.807, 2.05) is 55.6 Å². The molecule has 0 unspecified atom stereocenters. The molecule has 1 N–H and O–H groups in total. The molecule has 2 aromatic carbocycles. The van der Waals surface area contributed by atoms with E-state index in [0.717, 1.165) is 15.6 Å². The lowest BCUT2D eigenvalue weighted by Crippen LogP contribution is -2.27. The Morgan fingerprint density at radius 3 is 2.70 bits per heavy atom. The number of benzene rings is 2. The number of hydrogen-bond acceptors (Lipinski definition) is 1. The summed E-state index contributed by atoms with van der Waals surface area (Å²) in [6, 6.07) is 18.2. The SMILES string of the molecule is C[C@H](NC(=O)CCn1ccc2c(Br)cccc21)c1ccccc1. The van der Waals surface area contributed by atoms with E-state index in [0.29, 0.717) is 13.0 Å². The van der Waals surface area contributed by atoms with Crippen LogP contribution in [0.2, 0.25) is 0 Å². The average Bonchev–Trinajstić information content (AvgIpc) is 2.98. The van der Waals surface area contributed by atoms with Gasteiger partial charge < -0.3 is 9.88 Å². The van der Waals surface area contributed by atoms with Gasteiger partial charge in [-0.2, -0.15) is 0 Å². The molecule has 1 atom stereocenters. The first kappa shape index (κ1) is 15.8. The fourth-order valence-electron chi connectivity index (χ4n) is 2.74. The lowest BCUT2D eigenvalue weighted by molar-refractivity contribution is -0.121. The summed E-state index contributed by atoms with van der Waals surface area (Å²) in [5.41, 5.74) is 2.26. The Morgan fingerprint density at radius 2 is 1.91 bits per heavy atom. The van der Waals surface area contributed by atoms with Crippen molar-refractivity contribution < 1.29 is 4.79 Å². The van der Waals surface area contributed by atoms with E-state index in [9.17, 15) is 4.79 Å². The first-order chi connectivity index (χ1) is 11.1. The minimum atomic E-state index is 0.0271. The Labute approximate surface area is 144 Å². The van der Waals surface area contributed by atoms with E-state index in [1.54, 1.807) is 0 Å². The molecule has 0 aliphatic carbocycles. The highest BCUT2D eigenvalue weighted by molar-refractivity contribution is 9.10.